The highest BCUT2D eigenvalue weighted by molar-refractivity contribution is 6.09. The summed E-state index contributed by atoms with van der Waals surface area (Å²) in [5.41, 5.74) is 6.34. The fraction of sp³-hybridized carbons (Fsp3) is 0.574. The number of pyridine rings is 1. The molecule has 6 aliphatic rings. The van der Waals surface area contributed by atoms with Gasteiger partial charge in [-0.2, -0.15) is 0 Å². The van der Waals surface area contributed by atoms with Gasteiger partial charge in [0, 0.05) is 54.9 Å². The van der Waals surface area contributed by atoms with Crippen molar-refractivity contribution in [3.05, 3.63) is 66.2 Å². The summed E-state index contributed by atoms with van der Waals surface area (Å²) in [7, 11) is 0. The van der Waals surface area contributed by atoms with Crippen LogP contribution in [0, 0.1) is 10.8 Å². The van der Waals surface area contributed by atoms with Crippen LogP contribution in [0.25, 0.3) is 32.8 Å². The standard InChI is InChI=1S/C47H59N5O/c1-34(53)41-31-35-12-13-39(51-26-18-46(19-27-51)14-22-49(23-15-46)37-6-4-7-37)30-36(35)32-42(41)43-33-45(48-44-11-3-2-10-40(43)44)52-28-20-47(21-29-52)16-24-50(25-17-47)38-8-5-9-38/h2-3,10-13,30-33,37-38H,4-9,14-29H2,1H3. The zero-order valence-corrected chi connectivity index (χ0v) is 32.1. The third-order valence-corrected chi connectivity index (χ3v) is 15.6. The molecule has 0 N–H and O–H groups in total. The van der Waals surface area contributed by atoms with Gasteiger partial charge < -0.3 is 19.6 Å². The van der Waals surface area contributed by atoms with Crippen LogP contribution in [0.3, 0.4) is 0 Å². The Morgan fingerprint density at radius 1 is 0.604 bits per heavy atom. The Kier molecular flexibility index (Phi) is 8.78. The van der Waals surface area contributed by atoms with Crippen LogP contribution in [0.4, 0.5) is 11.5 Å². The Morgan fingerprint density at radius 2 is 1.17 bits per heavy atom. The highest BCUT2D eigenvalue weighted by atomic mass is 16.1. The zero-order chi connectivity index (χ0) is 35.6. The molecule has 2 spiro atoms. The molecular formula is C47H59N5O. The number of aromatic nitrogens is 1. The predicted molar refractivity (Wildman–Crippen MR) is 219 cm³/mol. The first-order valence-electron chi connectivity index (χ1n) is 21.4. The number of hydrogen-bond donors (Lipinski definition) is 0. The molecule has 5 heterocycles. The molecule has 10 rings (SSSR count). The second-order valence-electron chi connectivity index (χ2n) is 18.2. The molecular weight excluding hydrogens is 651 g/mol. The number of fused-ring (bicyclic) bond motifs is 2. The van der Waals surface area contributed by atoms with E-state index in [4.69, 9.17) is 4.98 Å². The van der Waals surface area contributed by atoms with Gasteiger partial charge in [0.25, 0.3) is 0 Å². The first-order valence-corrected chi connectivity index (χ1v) is 21.4. The zero-order valence-electron chi connectivity index (χ0n) is 32.1. The quantitative estimate of drug-likeness (QED) is 0.186. The molecule has 4 aliphatic heterocycles. The number of carbonyl (C=O) groups excluding carboxylic acids is 1. The van der Waals surface area contributed by atoms with Crippen LogP contribution in [0.1, 0.15) is 107 Å². The lowest BCUT2D eigenvalue weighted by Gasteiger charge is -2.50. The summed E-state index contributed by atoms with van der Waals surface area (Å²) < 4.78 is 0. The van der Waals surface area contributed by atoms with E-state index in [-0.39, 0.29) is 5.78 Å². The van der Waals surface area contributed by atoms with Gasteiger partial charge in [-0.1, -0.05) is 37.1 Å². The van der Waals surface area contributed by atoms with Crippen molar-refractivity contribution in [3.63, 3.8) is 0 Å². The molecule has 53 heavy (non-hydrogen) atoms. The molecule has 0 atom stereocenters. The first kappa shape index (κ1) is 34.0. The van der Waals surface area contributed by atoms with Gasteiger partial charge in [-0.3, -0.25) is 4.79 Å². The predicted octanol–water partition coefficient (Wildman–Crippen LogP) is 9.73. The van der Waals surface area contributed by atoms with Gasteiger partial charge in [-0.25, -0.2) is 4.98 Å². The van der Waals surface area contributed by atoms with E-state index in [1.165, 1.54) is 127 Å². The Labute approximate surface area is 316 Å². The van der Waals surface area contributed by atoms with Gasteiger partial charge in [0.2, 0.25) is 0 Å². The topological polar surface area (TPSA) is 42.9 Å². The molecule has 0 bridgehead atoms. The molecule has 6 heteroatoms. The van der Waals surface area contributed by atoms with Crippen LogP contribution in [-0.2, 0) is 0 Å². The van der Waals surface area contributed by atoms with Gasteiger partial charge in [0.05, 0.1) is 5.52 Å². The highest BCUT2D eigenvalue weighted by Gasteiger charge is 2.41. The lowest BCUT2D eigenvalue weighted by molar-refractivity contribution is 0.0305. The van der Waals surface area contributed by atoms with Gasteiger partial charge in [0.15, 0.2) is 5.78 Å². The van der Waals surface area contributed by atoms with Crippen LogP contribution < -0.4 is 9.80 Å². The van der Waals surface area contributed by atoms with Crippen LogP contribution in [0.2, 0.25) is 0 Å². The largest absolute Gasteiger partial charge is 0.371 e. The van der Waals surface area contributed by atoms with E-state index in [9.17, 15) is 4.79 Å². The monoisotopic (exact) mass is 709 g/mol. The lowest BCUT2D eigenvalue weighted by atomic mass is 9.70. The van der Waals surface area contributed by atoms with Crippen molar-refractivity contribution in [1.29, 1.82) is 0 Å². The number of ketones is 1. The summed E-state index contributed by atoms with van der Waals surface area (Å²) in [6, 6.07) is 24.0. The number of anilines is 2. The normalized spacial score (nSPS) is 24.2. The number of hydrogen-bond acceptors (Lipinski definition) is 6. The Hall–Kier alpha value is -3.48. The van der Waals surface area contributed by atoms with Crippen molar-refractivity contribution in [1.82, 2.24) is 14.8 Å². The van der Waals surface area contributed by atoms with Crippen LogP contribution >= 0.6 is 0 Å². The number of carbonyl (C=O) groups is 1. The fourth-order valence-electron chi connectivity index (χ4n) is 11.2. The summed E-state index contributed by atoms with van der Waals surface area (Å²) in [6.45, 7) is 11.3. The maximum absolute atomic E-state index is 13.4. The minimum absolute atomic E-state index is 0.117. The number of piperidine rings is 4. The van der Waals surface area contributed by atoms with Gasteiger partial charge in [0.1, 0.15) is 5.82 Å². The molecule has 0 radical (unpaired) electrons. The van der Waals surface area contributed by atoms with Gasteiger partial charge in [-0.05, 0) is 179 Å². The second kappa shape index (κ2) is 13.7. The number of nitrogens with zero attached hydrogens (tertiary/aromatic N) is 5. The average Bonchev–Trinajstić information content (AvgIpc) is 3.15. The molecule has 0 amide bonds. The maximum Gasteiger partial charge on any atom is 0.160 e. The van der Waals surface area contributed by atoms with Crippen molar-refractivity contribution in [2.45, 2.75) is 109 Å². The average molecular weight is 710 g/mol. The summed E-state index contributed by atoms with van der Waals surface area (Å²) in [6.07, 6.45) is 19.1. The molecule has 4 aromatic rings. The fourth-order valence-corrected chi connectivity index (χ4v) is 11.2. The van der Waals surface area contributed by atoms with Crippen molar-refractivity contribution < 1.29 is 4.79 Å². The van der Waals surface area contributed by atoms with E-state index in [2.05, 4.69) is 80.3 Å². The minimum atomic E-state index is 0.117. The Balaban J connectivity index is 0.907. The molecule has 0 unspecified atom stereocenters. The molecule has 6 nitrogen and oxygen atoms in total. The lowest BCUT2D eigenvalue weighted by Crippen LogP contribution is -2.51. The van der Waals surface area contributed by atoms with E-state index in [0.717, 1.165) is 77.1 Å². The number of Topliss-reactive ketones (excluding diaryl/α,β-unsaturated/α-hetero) is 1. The number of rotatable bonds is 6. The van der Waals surface area contributed by atoms with E-state index < -0.39 is 0 Å². The van der Waals surface area contributed by atoms with Crippen LogP contribution in [0.5, 0.6) is 0 Å². The second-order valence-corrected chi connectivity index (χ2v) is 18.2. The molecule has 2 saturated carbocycles. The highest BCUT2D eigenvalue weighted by Crippen LogP contribution is 2.46. The van der Waals surface area contributed by atoms with Crippen molar-refractivity contribution >= 4 is 39.0 Å². The maximum atomic E-state index is 13.4. The van der Waals surface area contributed by atoms with Gasteiger partial charge >= 0.3 is 0 Å². The molecule has 2 aliphatic carbocycles. The van der Waals surface area contributed by atoms with Crippen molar-refractivity contribution in [3.8, 4) is 11.1 Å². The summed E-state index contributed by atoms with van der Waals surface area (Å²) >= 11 is 0. The third kappa shape index (κ3) is 6.36. The van der Waals surface area contributed by atoms with Crippen LogP contribution in [0.15, 0.2) is 60.7 Å². The minimum Gasteiger partial charge on any atom is -0.371 e. The molecule has 3 aromatic carbocycles. The van der Waals surface area contributed by atoms with Gasteiger partial charge in [-0.15, -0.1) is 0 Å². The molecule has 1 aromatic heterocycles. The summed E-state index contributed by atoms with van der Waals surface area (Å²) in [5.74, 6) is 1.18. The number of para-hydroxylation sites is 1. The van der Waals surface area contributed by atoms with Crippen molar-refractivity contribution in [2.24, 2.45) is 10.8 Å². The molecule has 278 valence electrons. The SMILES string of the molecule is CC(=O)c1cc2ccc(N3CCC4(CC3)CCN(C3CCC3)CC4)cc2cc1-c1cc(N2CCC3(CC2)CCN(C2CCC2)CC3)nc2ccccc12. The summed E-state index contributed by atoms with van der Waals surface area (Å²) in [5, 5.41) is 3.48. The molecule has 6 fully saturated rings. The first-order chi connectivity index (χ1) is 25.9. The Bertz CT molecular complexity index is 1980. The van der Waals surface area contributed by atoms with E-state index in [1.807, 2.05) is 0 Å². The third-order valence-electron chi connectivity index (χ3n) is 15.6. The van der Waals surface area contributed by atoms with Crippen LogP contribution in [-0.4, -0.2) is 85.0 Å². The van der Waals surface area contributed by atoms with E-state index in [0.29, 0.717) is 10.8 Å². The van der Waals surface area contributed by atoms with E-state index >= 15 is 0 Å². The summed E-state index contributed by atoms with van der Waals surface area (Å²) in [4.78, 5) is 29.4. The van der Waals surface area contributed by atoms with Crippen molar-refractivity contribution in [2.75, 3.05) is 62.2 Å². The number of likely N-dealkylation sites (tertiary alicyclic amines) is 2. The Morgan fingerprint density at radius 3 is 1.74 bits per heavy atom. The smallest absolute Gasteiger partial charge is 0.160 e. The van der Waals surface area contributed by atoms with E-state index in [1.54, 1.807) is 6.92 Å². The number of benzene rings is 3. The molecule has 4 saturated heterocycles.